The molecule has 2 amide bonds. The highest BCUT2D eigenvalue weighted by Crippen LogP contribution is 2.26. The van der Waals surface area contributed by atoms with Gasteiger partial charge in [0.1, 0.15) is 5.01 Å². The fourth-order valence-corrected chi connectivity index (χ4v) is 3.44. The molecule has 21 heavy (non-hydrogen) atoms. The number of amides is 2. The number of carbonyl (C=O) groups is 2. The molecule has 1 aromatic rings. The zero-order chi connectivity index (χ0) is 15.4. The lowest BCUT2D eigenvalue weighted by atomic mass is 10.0. The summed E-state index contributed by atoms with van der Waals surface area (Å²) in [6.07, 6.45) is 4.94. The van der Waals surface area contributed by atoms with E-state index < -0.39 is 11.9 Å². The maximum atomic E-state index is 12.0. The van der Waals surface area contributed by atoms with E-state index in [0.29, 0.717) is 6.42 Å². The number of aliphatic carboxylic acids is 1. The Kier molecular flexibility index (Phi) is 5.17. The monoisotopic (exact) mass is 311 g/mol. The van der Waals surface area contributed by atoms with E-state index in [1.807, 2.05) is 13.1 Å². The molecule has 3 N–H and O–H groups in total. The van der Waals surface area contributed by atoms with Gasteiger partial charge in [-0.3, -0.25) is 4.79 Å². The van der Waals surface area contributed by atoms with E-state index >= 15 is 0 Å². The number of hydrogen-bond acceptors (Lipinski definition) is 4. The zero-order valence-electron chi connectivity index (χ0n) is 12.3. The summed E-state index contributed by atoms with van der Waals surface area (Å²) in [7, 11) is 0. The van der Waals surface area contributed by atoms with Crippen molar-refractivity contribution >= 4 is 23.3 Å². The Bertz CT molecular complexity index is 517. The number of rotatable bonds is 5. The Hall–Kier alpha value is -1.63. The molecule has 0 spiro atoms. The van der Waals surface area contributed by atoms with Crippen LogP contribution in [-0.2, 0) is 11.2 Å². The molecular formula is C14H21N3O3S. The van der Waals surface area contributed by atoms with Gasteiger partial charge in [-0.25, -0.2) is 9.78 Å². The number of carboxylic acid groups (broad SMARTS) is 1. The van der Waals surface area contributed by atoms with Gasteiger partial charge in [0.15, 0.2) is 0 Å². The standard InChI is InChI=1S/C14H21N3O3S/c1-3-9-7-15-12(21-9)8(2)16-14(20)17-11-6-4-5-10(11)13(18)19/h7-8,10-11H,3-6H2,1-2H3,(H,18,19)(H2,16,17,20). The predicted octanol–water partition coefficient (Wildman–Crippen LogP) is 2.32. The normalized spacial score (nSPS) is 22.8. The van der Waals surface area contributed by atoms with E-state index in [9.17, 15) is 9.59 Å². The van der Waals surface area contributed by atoms with Gasteiger partial charge in [0.25, 0.3) is 0 Å². The first-order valence-corrected chi connectivity index (χ1v) is 8.07. The maximum Gasteiger partial charge on any atom is 0.315 e. The highest BCUT2D eigenvalue weighted by molar-refractivity contribution is 7.11. The summed E-state index contributed by atoms with van der Waals surface area (Å²) in [6.45, 7) is 3.94. The molecule has 116 valence electrons. The number of hydrogen-bond donors (Lipinski definition) is 3. The van der Waals surface area contributed by atoms with Crippen LogP contribution < -0.4 is 10.6 Å². The molecule has 1 aromatic heterocycles. The first kappa shape index (κ1) is 15.8. The van der Waals surface area contributed by atoms with Crippen molar-refractivity contribution in [2.45, 2.75) is 51.6 Å². The third-order valence-electron chi connectivity index (χ3n) is 3.79. The summed E-state index contributed by atoms with van der Waals surface area (Å²) in [5, 5.41) is 15.6. The lowest BCUT2D eigenvalue weighted by Crippen LogP contribution is -2.45. The minimum atomic E-state index is -0.835. The van der Waals surface area contributed by atoms with E-state index in [2.05, 4.69) is 22.5 Å². The molecule has 7 heteroatoms. The number of nitrogens with one attached hydrogen (secondary N) is 2. The molecular weight excluding hydrogens is 290 g/mol. The Balaban J connectivity index is 1.87. The van der Waals surface area contributed by atoms with Gasteiger partial charge in [0, 0.05) is 17.1 Å². The summed E-state index contributed by atoms with van der Waals surface area (Å²) >= 11 is 1.58. The largest absolute Gasteiger partial charge is 0.481 e. The number of thiazole rings is 1. The van der Waals surface area contributed by atoms with E-state index in [-0.39, 0.29) is 18.1 Å². The van der Waals surface area contributed by atoms with Gasteiger partial charge in [-0.15, -0.1) is 11.3 Å². The second-order valence-corrected chi connectivity index (χ2v) is 6.49. The quantitative estimate of drug-likeness (QED) is 0.778. The predicted molar refractivity (Wildman–Crippen MR) is 80.3 cm³/mol. The number of aryl methyl sites for hydroxylation is 1. The molecule has 1 saturated carbocycles. The zero-order valence-corrected chi connectivity index (χ0v) is 13.1. The van der Waals surface area contributed by atoms with Crippen molar-refractivity contribution in [3.05, 3.63) is 16.1 Å². The lowest BCUT2D eigenvalue weighted by Gasteiger charge is -2.19. The van der Waals surface area contributed by atoms with Crippen LogP contribution in [0.4, 0.5) is 4.79 Å². The Morgan fingerprint density at radius 1 is 1.52 bits per heavy atom. The second-order valence-electron chi connectivity index (χ2n) is 5.34. The summed E-state index contributed by atoms with van der Waals surface area (Å²) in [4.78, 5) is 28.6. The molecule has 1 fully saturated rings. The van der Waals surface area contributed by atoms with Gasteiger partial charge in [-0.05, 0) is 26.2 Å². The third kappa shape index (κ3) is 3.93. The first-order chi connectivity index (χ1) is 10.0. The van der Waals surface area contributed by atoms with Gasteiger partial charge in [-0.1, -0.05) is 13.3 Å². The molecule has 0 radical (unpaired) electrons. The van der Waals surface area contributed by atoms with Crippen LogP contribution in [0.3, 0.4) is 0 Å². The van der Waals surface area contributed by atoms with Crippen molar-refractivity contribution in [1.82, 2.24) is 15.6 Å². The van der Waals surface area contributed by atoms with Crippen molar-refractivity contribution in [3.8, 4) is 0 Å². The molecule has 6 nitrogen and oxygen atoms in total. The van der Waals surface area contributed by atoms with Crippen molar-refractivity contribution < 1.29 is 14.7 Å². The lowest BCUT2D eigenvalue weighted by molar-refractivity contribution is -0.142. The minimum Gasteiger partial charge on any atom is -0.481 e. The van der Waals surface area contributed by atoms with Gasteiger partial charge in [-0.2, -0.15) is 0 Å². The van der Waals surface area contributed by atoms with Gasteiger partial charge < -0.3 is 15.7 Å². The second kappa shape index (κ2) is 6.89. The SMILES string of the molecule is CCc1cnc(C(C)NC(=O)NC2CCCC2C(=O)O)s1. The fraction of sp³-hybridized carbons (Fsp3) is 0.643. The minimum absolute atomic E-state index is 0.181. The topological polar surface area (TPSA) is 91.3 Å². The van der Waals surface area contributed by atoms with Crippen LogP contribution >= 0.6 is 11.3 Å². The first-order valence-electron chi connectivity index (χ1n) is 7.25. The Morgan fingerprint density at radius 2 is 2.29 bits per heavy atom. The van der Waals surface area contributed by atoms with Crippen LogP contribution in [-0.4, -0.2) is 28.1 Å². The van der Waals surface area contributed by atoms with E-state index in [4.69, 9.17) is 5.11 Å². The van der Waals surface area contributed by atoms with Crippen LogP contribution in [0.5, 0.6) is 0 Å². The van der Waals surface area contributed by atoms with E-state index in [0.717, 1.165) is 24.3 Å². The van der Waals surface area contributed by atoms with Gasteiger partial charge in [0.2, 0.25) is 0 Å². The average Bonchev–Trinajstić information content (AvgIpc) is 3.06. The number of carbonyl (C=O) groups excluding carboxylic acids is 1. The number of aromatic nitrogens is 1. The summed E-state index contributed by atoms with van der Waals surface area (Å²) in [5.41, 5.74) is 0. The maximum absolute atomic E-state index is 12.0. The Morgan fingerprint density at radius 3 is 2.90 bits per heavy atom. The molecule has 0 saturated heterocycles. The molecule has 1 aliphatic carbocycles. The summed E-state index contributed by atoms with van der Waals surface area (Å²) in [6, 6.07) is -0.786. The average molecular weight is 311 g/mol. The van der Waals surface area contributed by atoms with Crippen LogP contribution in [0, 0.1) is 5.92 Å². The molecule has 1 heterocycles. The van der Waals surface area contributed by atoms with Crippen LogP contribution in [0.2, 0.25) is 0 Å². The van der Waals surface area contributed by atoms with Crippen LogP contribution in [0.25, 0.3) is 0 Å². The van der Waals surface area contributed by atoms with Crippen LogP contribution in [0.1, 0.15) is 49.0 Å². The van der Waals surface area contributed by atoms with Gasteiger partial charge >= 0.3 is 12.0 Å². The van der Waals surface area contributed by atoms with Crippen molar-refractivity contribution in [2.24, 2.45) is 5.92 Å². The summed E-state index contributed by atoms with van der Waals surface area (Å²) in [5.74, 6) is -1.31. The number of nitrogens with zero attached hydrogens (tertiary/aromatic N) is 1. The number of carboxylic acids is 1. The molecule has 3 atom stereocenters. The Labute approximate surface area is 128 Å². The fourth-order valence-electron chi connectivity index (χ4n) is 2.58. The van der Waals surface area contributed by atoms with E-state index in [1.165, 1.54) is 4.88 Å². The molecule has 0 aliphatic heterocycles. The van der Waals surface area contributed by atoms with Crippen molar-refractivity contribution in [2.75, 3.05) is 0 Å². The summed E-state index contributed by atoms with van der Waals surface area (Å²) < 4.78 is 0. The molecule has 0 aromatic carbocycles. The molecule has 0 bridgehead atoms. The highest BCUT2D eigenvalue weighted by atomic mass is 32.1. The van der Waals surface area contributed by atoms with Crippen molar-refractivity contribution in [1.29, 1.82) is 0 Å². The molecule has 3 unspecified atom stereocenters. The highest BCUT2D eigenvalue weighted by Gasteiger charge is 2.34. The van der Waals surface area contributed by atoms with Crippen LogP contribution in [0.15, 0.2) is 6.20 Å². The van der Waals surface area contributed by atoms with Gasteiger partial charge in [0.05, 0.1) is 12.0 Å². The smallest absolute Gasteiger partial charge is 0.315 e. The third-order valence-corrected chi connectivity index (χ3v) is 5.11. The molecule has 2 rings (SSSR count). The van der Waals surface area contributed by atoms with E-state index in [1.54, 1.807) is 11.3 Å². The van der Waals surface area contributed by atoms with Crippen molar-refractivity contribution in [3.63, 3.8) is 0 Å². The molecule has 1 aliphatic rings. The number of urea groups is 1.